The maximum Gasteiger partial charge on any atom is 0.300 e. The van der Waals surface area contributed by atoms with Gasteiger partial charge in [0.25, 0.3) is 11.7 Å². The molecule has 0 aliphatic carbocycles. The Hall–Kier alpha value is -4.06. The molecule has 2 N–H and O–H groups in total. The second-order valence-electron chi connectivity index (χ2n) is 8.61. The summed E-state index contributed by atoms with van der Waals surface area (Å²) >= 11 is 0. The van der Waals surface area contributed by atoms with Gasteiger partial charge in [0.15, 0.2) is 0 Å². The normalized spacial score (nSPS) is 17.1. The molecule has 1 unspecified atom stereocenters. The summed E-state index contributed by atoms with van der Waals surface area (Å²) in [6, 6.07) is 18.1. The van der Waals surface area contributed by atoms with Crippen molar-refractivity contribution in [1.29, 1.82) is 0 Å². The molecule has 4 rings (SSSR count). The highest BCUT2D eigenvalue weighted by molar-refractivity contribution is 6.51. The molecule has 0 radical (unpaired) electrons. The molecule has 1 atom stereocenters. The average molecular weight is 472 g/mol. The van der Waals surface area contributed by atoms with E-state index in [9.17, 15) is 19.8 Å². The maximum atomic E-state index is 13.3. The first-order valence-electron chi connectivity index (χ1n) is 11.8. The van der Waals surface area contributed by atoms with E-state index in [0.29, 0.717) is 29.2 Å². The smallest absolute Gasteiger partial charge is 0.300 e. The third-order valence-corrected chi connectivity index (χ3v) is 6.19. The third-order valence-electron chi connectivity index (χ3n) is 6.19. The van der Waals surface area contributed by atoms with Crippen LogP contribution >= 0.6 is 0 Å². The summed E-state index contributed by atoms with van der Waals surface area (Å²) in [6.07, 6.45) is 1.72. The Morgan fingerprint density at radius 3 is 2.26 bits per heavy atom. The molecule has 0 aromatic heterocycles. The Bertz CT molecular complexity index is 1280. The third kappa shape index (κ3) is 4.64. The number of nitrogens with zero attached hydrogens (tertiary/aromatic N) is 1. The number of hydrogen-bond acceptors (Lipinski definition) is 5. The van der Waals surface area contributed by atoms with Crippen molar-refractivity contribution in [2.24, 2.45) is 0 Å². The number of aryl methyl sites for hydroxylation is 2. The summed E-state index contributed by atoms with van der Waals surface area (Å²) in [5.74, 6) is -0.955. The Morgan fingerprint density at radius 1 is 0.971 bits per heavy atom. The first-order valence-corrected chi connectivity index (χ1v) is 11.8. The van der Waals surface area contributed by atoms with E-state index < -0.39 is 17.7 Å². The van der Waals surface area contributed by atoms with E-state index in [1.807, 2.05) is 32.9 Å². The number of rotatable bonds is 7. The van der Waals surface area contributed by atoms with Crippen LogP contribution < -0.4 is 9.64 Å². The second-order valence-corrected chi connectivity index (χ2v) is 8.61. The van der Waals surface area contributed by atoms with Crippen molar-refractivity contribution in [2.45, 2.75) is 39.7 Å². The number of carbonyl (C=O) groups is 2. The van der Waals surface area contributed by atoms with Crippen LogP contribution in [-0.4, -0.2) is 28.5 Å². The fourth-order valence-electron chi connectivity index (χ4n) is 4.29. The number of aromatic hydroxyl groups is 1. The minimum atomic E-state index is -0.848. The molecule has 180 valence electrons. The van der Waals surface area contributed by atoms with Crippen molar-refractivity contribution >= 4 is 23.1 Å². The summed E-state index contributed by atoms with van der Waals surface area (Å²) in [5, 5.41) is 21.1. The lowest BCUT2D eigenvalue weighted by molar-refractivity contribution is -0.132. The summed E-state index contributed by atoms with van der Waals surface area (Å²) in [4.78, 5) is 28.0. The van der Waals surface area contributed by atoms with Crippen LogP contribution in [0.3, 0.4) is 0 Å². The van der Waals surface area contributed by atoms with Gasteiger partial charge in [0.2, 0.25) is 0 Å². The number of aliphatic hydroxyl groups is 1. The zero-order chi connectivity index (χ0) is 25.1. The van der Waals surface area contributed by atoms with Crippen molar-refractivity contribution in [3.05, 3.63) is 94.6 Å². The molecule has 1 aliphatic rings. The standard InChI is InChI=1S/C29H29NO5/c1-4-16-35-24-15-10-21(17-18(24)3)27(32)25-26(20-8-13-23(31)14-9-20)30(29(34)28(25)33)22-11-6-19(5-2)7-12-22/h6-15,17,26,31-32H,4-5,16H2,1-3H3/b27-25-. The minimum Gasteiger partial charge on any atom is -0.508 e. The SMILES string of the molecule is CCCOc1ccc(/C(O)=C2/C(=O)C(=O)N(c3ccc(CC)cc3)C2c2ccc(O)cc2)cc1C. The monoisotopic (exact) mass is 471 g/mol. The van der Waals surface area contributed by atoms with E-state index in [1.165, 1.54) is 17.0 Å². The second kappa shape index (κ2) is 10.1. The lowest BCUT2D eigenvalue weighted by Gasteiger charge is -2.25. The van der Waals surface area contributed by atoms with Crippen molar-refractivity contribution in [3.8, 4) is 11.5 Å². The molecule has 3 aromatic carbocycles. The first kappa shape index (κ1) is 24.1. The van der Waals surface area contributed by atoms with Gasteiger partial charge in [-0.2, -0.15) is 0 Å². The number of phenolic OH excluding ortho intramolecular Hbond substituents is 1. The summed E-state index contributed by atoms with van der Waals surface area (Å²) in [7, 11) is 0. The van der Waals surface area contributed by atoms with Crippen molar-refractivity contribution < 1.29 is 24.5 Å². The van der Waals surface area contributed by atoms with Crippen LogP contribution in [0.4, 0.5) is 5.69 Å². The quantitative estimate of drug-likeness (QED) is 0.263. The largest absolute Gasteiger partial charge is 0.508 e. The Morgan fingerprint density at radius 2 is 1.66 bits per heavy atom. The Balaban J connectivity index is 1.86. The molecule has 1 amide bonds. The van der Waals surface area contributed by atoms with Gasteiger partial charge in [-0.15, -0.1) is 0 Å². The fraction of sp³-hybridized carbons (Fsp3) is 0.241. The van der Waals surface area contributed by atoms with E-state index in [1.54, 1.807) is 42.5 Å². The molecule has 1 saturated heterocycles. The molecule has 6 heteroatoms. The maximum absolute atomic E-state index is 13.3. The number of anilines is 1. The van der Waals surface area contributed by atoms with Crippen LogP contribution in [0.5, 0.6) is 11.5 Å². The topological polar surface area (TPSA) is 87.1 Å². The molecule has 0 saturated carbocycles. The zero-order valence-corrected chi connectivity index (χ0v) is 20.1. The lowest BCUT2D eigenvalue weighted by Crippen LogP contribution is -2.29. The van der Waals surface area contributed by atoms with Gasteiger partial charge in [0.05, 0.1) is 18.2 Å². The van der Waals surface area contributed by atoms with Crippen LogP contribution in [0, 0.1) is 6.92 Å². The van der Waals surface area contributed by atoms with Gasteiger partial charge in [-0.1, -0.05) is 38.1 Å². The van der Waals surface area contributed by atoms with Gasteiger partial charge < -0.3 is 14.9 Å². The Kier molecular flexibility index (Phi) is 6.92. The predicted octanol–water partition coefficient (Wildman–Crippen LogP) is 5.68. The van der Waals surface area contributed by atoms with E-state index in [-0.39, 0.29) is 17.1 Å². The van der Waals surface area contributed by atoms with Crippen LogP contribution in [0.1, 0.15) is 48.6 Å². The molecule has 0 spiro atoms. The molecule has 35 heavy (non-hydrogen) atoms. The van der Waals surface area contributed by atoms with Gasteiger partial charge in [0.1, 0.15) is 17.3 Å². The molecular formula is C29H29NO5. The molecule has 3 aromatic rings. The first-order chi connectivity index (χ1) is 16.8. The van der Waals surface area contributed by atoms with Crippen molar-refractivity contribution in [3.63, 3.8) is 0 Å². The van der Waals surface area contributed by atoms with Crippen LogP contribution in [0.25, 0.3) is 5.76 Å². The number of ether oxygens (including phenoxy) is 1. The Labute approximate surface area is 205 Å². The predicted molar refractivity (Wildman–Crippen MR) is 136 cm³/mol. The lowest BCUT2D eigenvalue weighted by atomic mass is 9.94. The number of hydrogen-bond donors (Lipinski definition) is 2. The van der Waals surface area contributed by atoms with Gasteiger partial charge in [-0.3, -0.25) is 14.5 Å². The van der Waals surface area contributed by atoms with Gasteiger partial charge in [0, 0.05) is 11.3 Å². The highest BCUT2D eigenvalue weighted by Crippen LogP contribution is 2.42. The van der Waals surface area contributed by atoms with Crippen LogP contribution in [-0.2, 0) is 16.0 Å². The number of aliphatic hydroxyl groups excluding tert-OH is 1. The number of Topliss-reactive ketones (excluding diaryl/α,β-unsaturated/α-hetero) is 1. The molecular weight excluding hydrogens is 442 g/mol. The molecule has 1 fully saturated rings. The summed E-state index contributed by atoms with van der Waals surface area (Å²) in [5.41, 5.74) is 3.50. The van der Waals surface area contributed by atoms with E-state index in [4.69, 9.17) is 4.74 Å². The number of benzene rings is 3. The summed E-state index contributed by atoms with van der Waals surface area (Å²) in [6.45, 7) is 6.51. The van der Waals surface area contributed by atoms with Gasteiger partial charge >= 0.3 is 0 Å². The number of ketones is 1. The number of amides is 1. The van der Waals surface area contributed by atoms with E-state index in [0.717, 1.165) is 24.0 Å². The average Bonchev–Trinajstić information content (AvgIpc) is 3.13. The molecule has 1 aliphatic heterocycles. The van der Waals surface area contributed by atoms with Gasteiger partial charge in [-0.05, 0) is 78.9 Å². The summed E-state index contributed by atoms with van der Waals surface area (Å²) < 4.78 is 5.73. The highest BCUT2D eigenvalue weighted by atomic mass is 16.5. The van der Waals surface area contributed by atoms with E-state index in [2.05, 4.69) is 0 Å². The molecule has 6 nitrogen and oxygen atoms in total. The zero-order valence-electron chi connectivity index (χ0n) is 20.1. The van der Waals surface area contributed by atoms with Gasteiger partial charge in [-0.25, -0.2) is 0 Å². The highest BCUT2D eigenvalue weighted by Gasteiger charge is 2.47. The van der Waals surface area contributed by atoms with Crippen molar-refractivity contribution in [1.82, 2.24) is 0 Å². The van der Waals surface area contributed by atoms with Crippen LogP contribution in [0.15, 0.2) is 72.3 Å². The van der Waals surface area contributed by atoms with E-state index >= 15 is 0 Å². The van der Waals surface area contributed by atoms with Crippen LogP contribution in [0.2, 0.25) is 0 Å². The number of phenols is 1. The molecule has 1 heterocycles. The molecule has 0 bridgehead atoms. The fourth-order valence-corrected chi connectivity index (χ4v) is 4.29. The number of carbonyl (C=O) groups excluding carboxylic acids is 2. The minimum absolute atomic E-state index is 0.00174. The van der Waals surface area contributed by atoms with Crippen molar-refractivity contribution in [2.75, 3.05) is 11.5 Å².